The molecule has 0 unspecified atom stereocenters. The smallest absolute Gasteiger partial charge is 0.227 e. The van der Waals surface area contributed by atoms with Crippen molar-refractivity contribution in [3.8, 4) is 0 Å². The molecule has 136 valence electrons. The average molecular weight is 369 g/mol. The molecule has 0 bridgehead atoms. The van der Waals surface area contributed by atoms with Crippen LogP contribution >= 0.6 is 11.9 Å². The summed E-state index contributed by atoms with van der Waals surface area (Å²) in [6.07, 6.45) is 5.20. The molecule has 0 saturated carbocycles. The molecule has 1 N–H and O–H groups in total. The van der Waals surface area contributed by atoms with Crippen molar-refractivity contribution >= 4 is 29.2 Å². The van der Waals surface area contributed by atoms with Gasteiger partial charge in [0, 0.05) is 23.2 Å². The number of rotatable bonds is 9. The Kier molecular flexibility index (Phi) is 7.44. The van der Waals surface area contributed by atoms with Gasteiger partial charge in [-0.05, 0) is 43.9 Å². The minimum absolute atomic E-state index is 0.513. The van der Waals surface area contributed by atoms with Gasteiger partial charge in [-0.1, -0.05) is 43.3 Å². The number of benzene rings is 1. The monoisotopic (exact) mass is 368 g/mol. The van der Waals surface area contributed by atoms with Gasteiger partial charge in [0.05, 0.1) is 12.8 Å². The minimum Gasteiger partial charge on any atom is -0.497 e. The molecule has 0 amide bonds. The lowest BCUT2D eigenvalue weighted by Crippen LogP contribution is -2.02. The summed E-state index contributed by atoms with van der Waals surface area (Å²) in [5.74, 6) is 1.94. The third-order valence-corrected chi connectivity index (χ3v) is 4.41. The molecule has 0 aliphatic carbocycles. The number of hydrogen-bond acceptors (Lipinski definition) is 6. The van der Waals surface area contributed by atoms with Crippen LogP contribution in [0, 0.1) is 0 Å². The van der Waals surface area contributed by atoms with E-state index in [1.807, 2.05) is 38.4 Å². The second kappa shape index (κ2) is 9.79. The number of nitrogens with zero attached hydrogens (tertiary/aromatic N) is 3. The highest BCUT2D eigenvalue weighted by Gasteiger charge is 2.09. The number of methoxy groups -OCH3 is 1. The summed E-state index contributed by atoms with van der Waals surface area (Å²) in [6, 6.07) is 10.0. The van der Waals surface area contributed by atoms with Gasteiger partial charge in [0.25, 0.3) is 0 Å². The Hall–Kier alpha value is -2.57. The Morgan fingerprint density at radius 1 is 1.35 bits per heavy atom. The van der Waals surface area contributed by atoms with Crippen molar-refractivity contribution in [3.63, 3.8) is 0 Å². The molecule has 0 aliphatic heterocycles. The molecular weight excluding hydrogens is 344 g/mol. The molecule has 0 radical (unpaired) electrons. The standard InChI is InChI=1S/C20H24N4OS/c1-6-8-18(15(2)25-5)19-11-12-21-20(23-19)22-17-10-7-9-16(13-17)14-26-24(3)4/h6-13H,1-2,14H2,3-5H3,(H,21,22,23)/b18-8+. The molecule has 0 spiro atoms. The van der Waals surface area contributed by atoms with Gasteiger partial charge in [-0.25, -0.2) is 9.97 Å². The maximum Gasteiger partial charge on any atom is 0.227 e. The lowest BCUT2D eigenvalue weighted by molar-refractivity contribution is 0.312. The maximum absolute atomic E-state index is 5.24. The third-order valence-electron chi connectivity index (χ3n) is 3.44. The molecule has 1 heterocycles. The highest BCUT2D eigenvalue weighted by atomic mass is 32.2. The number of nitrogens with one attached hydrogen (secondary N) is 1. The Bertz CT molecular complexity index is 802. The molecule has 6 heteroatoms. The molecule has 26 heavy (non-hydrogen) atoms. The predicted molar refractivity (Wildman–Crippen MR) is 111 cm³/mol. The fourth-order valence-corrected chi connectivity index (χ4v) is 2.78. The third kappa shape index (κ3) is 5.75. The van der Waals surface area contributed by atoms with E-state index in [1.165, 1.54) is 5.56 Å². The topological polar surface area (TPSA) is 50.3 Å². The van der Waals surface area contributed by atoms with Crippen LogP contribution in [0.4, 0.5) is 11.6 Å². The van der Waals surface area contributed by atoms with Gasteiger partial charge in [0.2, 0.25) is 5.95 Å². The highest BCUT2D eigenvalue weighted by Crippen LogP contribution is 2.23. The lowest BCUT2D eigenvalue weighted by Gasteiger charge is -2.12. The number of allylic oxidation sites excluding steroid dienone is 3. The Balaban J connectivity index is 2.20. The van der Waals surface area contributed by atoms with E-state index < -0.39 is 0 Å². The fraction of sp³-hybridized carbons (Fsp3) is 0.200. The summed E-state index contributed by atoms with van der Waals surface area (Å²) in [5.41, 5.74) is 3.65. The van der Waals surface area contributed by atoms with Crippen molar-refractivity contribution in [2.75, 3.05) is 26.5 Å². The van der Waals surface area contributed by atoms with Crippen molar-refractivity contribution in [2.45, 2.75) is 5.75 Å². The van der Waals surface area contributed by atoms with Crippen LogP contribution in [0.25, 0.3) is 5.57 Å². The molecule has 1 aromatic carbocycles. The zero-order chi connectivity index (χ0) is 18.9. The molecule has 5 nitrogen and oxygen atoms in total. The SMILES string of the molecule is C=C/C=C(\C(=C)OC)c1ccnc(Nc2cccc(CSN(C)C)c2)n1. The zero-order valence-electron chi connectivity index (χ0n) is 15.4. The van der Waals surface area contributed by atoms with Gasteiger partial charge in [-0.3, -0.25) is 4.31 Å². The van der Waals surface area contributed by atoms with Gasteiger partial charge in [-0.15, -0.1) is 0 Å². The van der Waals surface area contributed by atoms with Crippen molar-refractivity contribution in [1.82, 2.24) is 14.3 Å². The van der Waals surface area contributed by atoms with Crippen LogP contribution in [0.3, 0.4) is 0 Å². The predicted octanol–water partition coefficient (Wildman–Crippen LogP) is 4.66. The molecule has 2 aromatic rings. The molecule has 0 aliphatic rings. The van der Waals surface area contributed by atoms with E-state index >= 15 is 0 Å². The summed E-state index contributed by atoms with van der Waals surface area (Å²) < 4.78 is 7.33. The van der Waals surface area contributed by atoms with Gasteiger partial charge >= 0.3 is 0 Å². The van der Waals surface area contributed by atoms with Crippen LogP contribution in [0.15, 0.2) is 67.6 Å². The van der Waals surface area contributed by atoms with Crippen molar-refractivity contribution in [1.29, 1.82) is 0 Å². The summed E-state index contributed by atoms with van der Waals surface area (Å²) in [4.78, 5) is 8.87. The van der Waals surface area contributed by atoms with Gasteiger partial charge in [0.15, 0.2) is 0 Å². The average Bonchev–Trinajstić information content (AvgIpc) is 2.64. The Morgan fingerprint density at radius 2 is 2.15 bits per heavy atom. The van der Waals surface area contributed by atoms with Crippen molar-refractivity contribution in [3.05, 3.63) is 78.9 Å². The summed E-state index contributed by atoms with van der Waals surface area (Å²) in [6.45, 7) is 7.64. The van der Waals surface area contributed by atoms with Crippen LogP contribution in [-0.4, -0.2) is 35.5 Å². The minimum atomic E-state index is 0.513. The van der Waals surface area contributed by atoms with Crippen molar-refractivity contribution in [2.24, 2.45) is 0 Å². The van der Waals surface area contributed by atoms with Crippen LogP contribution in [0.5, 0.6) is 0 Å². The molecule has 0 saturated heterocycles. The van der Waals surface area contributed by atoms with E-state index in [1.54, 1.807) is 31.3 Å². The normalized spacial score (nSPS) is 11.3. The maximum atomic E-state index is 5.24. The van der Waals surface area contributed by atoms with Gasteiger partial charge in [-0.2, -0.15) is 0 Å². The van der Waals surface area contributed by atoms with Crippen molar-refractivity contribution < 1.29 is 4.74 Å². The summed E-state index contributed by atoms with van der Waals surface area (Å²) in [7, 11) is 5.65. The Labute approximate surface area is 159 Å². The van der Waals surface area contributed by atoms with Gasteiger partial charge < -0.3 is 10.1 Å². The fourth-order valence-electron chi connectivity index (χ4n) is 2.19. The lowest BCUT2D eigenvalue weighted by atomic mass is 10.1. The van der Waals surface area contributed by atoms with Gasteiger partial charge in [0.1, 0.15) is 5.76 Å². The van der Waals surface area contributed by atoms with E-state index in [0.29, 0.717) is 17.4 Å². The zero-order valence-corrected chi connectivity index (χ0v) is 16.2. The second-order valence-corrected chi connectivity index (χ2v) is 6.90. The van der Waals surface area contributed by atoms with Crippen LogP contribution in [0.2, 0.25) is 0 Å². The number of ether oxygens (including phenoxy) is 1. The van der Waals surface area contributed by atoms with E-state index in [4.69, 9.17) is 4.74 Å². The quantitative estimate of drug-likeness (QED) is 0.395. The molecule has 2 rings (SSSR count). The van der Waals surface area contributed by atoms with E-state index in [2.05, 4.69) is 44.9 Å². The van der Waals surface area contributed by atoms with Crippen LogP contribution < -0.4 is 5.32 Å². The van der Waals surface area contributed by atoms with E-state index in [-0.39, 0.29) is 0 Å². The van der Waals surface area contributed by atoms with E-state index in [9.17, 15) is 0 Å². The number of hydrogen-bond donors (Lipinski definition) is 1. The highest BCUT2D eigenvalue weighted by molar-refractivity contribution is 7.96. The molecule has 0 atom stereocenters. The first-order valence-electron chi connectivity index (χ1n) is 8.09. The molecule has 0 fully saturated rings. The first kappa shape index (κ1) is 19.8. The number of anilines is 2. The largest absolute Gasteiger partial charge is 0.497 e. The first-order valence-corrected chi connectivity index (χ1v) is 9.03. The van der Waals surface area contributed by atoms with Crippen LogP contribution in [0.1, 0.15) is 11.3 Å². The summed E-state index contributed by atoms with van der Waals surface area (Å²) >= 11 is 1.75. The molecule has 1 aromatic heterocycles. The van der Waals surface area contributed by atoms with E-state index in [0.717, 1.165) is 17.0 Å². The summed E-state index contributed by atoms with van der Waals surface area (Å²) in [5, 5.41) is 3.26. The first-order chi connectivity index (χ1) is 12.5. The Morgan fingerprint density at radius 3 is 2.85 bits per heavy atom. The van der Waals surface area contributed by atoms with Crippen LogP contribution in [-0.2, 0) is 10.5 Å². The second-order valence-electron chi connectivity index (χ2n) is 5.62. The number of aromatic nitrogens is 2. The molecular formula is C20H24N4OS.